The monoisotopic (exact) mass is 290 g/mol. The summed E-state index contributed by atoms with van der Waals surface area (Å²) in [4.78, 5) is 6.12. The van der Waals surface area contributed by atoms with Gasteiger partial charge < -0.3 is 4.98 Å². The molecule has 112 valence electrons. The number of hydrogen-bond acceptors (Lipinski definition) is 1. The lowest BCUT2D eigenvalue weighted by atomic mass is 10.0. The SMILES string of the molecule is Cc1cccc2c(C3CCCN3Cc3ccccc3)c[nH]c12. The summed E-state index contributed by atoms with van der Waals surface area (Å²) in [5.74, 6) is 0. The minimum Gasteiger partial charge on any atom is -0.361 e. The standard InChI is InChI=1S/C20H22N2/c1-15-7-5-10-17-18(13-21-20(15)17)19-11-6-12-22(19)14-16-8-3-2-4-9-16/h2-5,7-10,13,19,21H,6,11-12,14H2,1H3. The van der Waals surface area contributed by atoms with Gasteiger partial charge in [-0.25, -0.2) is 0 Å². The number of hydrogen-bond donors (Lipinski definition) is 1. The van der Waals surface area contributed by atoms with E-state index in [4.69, 9.17) is 0 Å². The fourth-order valence-electron chi connectivity index (χ4n) is 3.79. The van der Waals surface area contributed by atoms with Crippen molar-refractivity contribution in [2.24, 2.45) is 0 Å². The predicted molar refractivity (Wildman–Crippen MR) is 91.9 cm³/mol. The summed E-state index contributed by atoms with van der Waals surface area (Å²) in [7, 11) is 0. The molecule has 1 fully saturated rings. The minimum absolute atomic E-state index is 0.538. The number of fused-ring (bicyclic) bond motifs is 1. The van der Waals surface area contributed by atoms with E-state index < -0.39 is 0 Å². The van der Waals surface area contributed by atoms with Crippen LogP contribution in [-0.2, 0) is 6.54 Å². The second kappa shape index (κ2) is 5.62. The van der Waals surface area contributed by atoms with Crippen LogP contribution in [0.3, 0.4) is 0 Å². The van der Waals surface area contributed by atoms with Crippen molar-refractivity contribution in [3.63, 3.8) is 0 Å². The van der Waals surface area contributed by atoms with Crippen LogP contribution in [0.15, 0.2) is 54.7 Å². The average Bonchev–Trinajstić information content (AvgIpc) is 3.15. The van der Waals surface area contributed by atoms with Crippen LogP contribution in [0.4, 0.5) is 0 Å². The Kier molecular flexibility index (Phi) is 3.47. The van der Waals surface area contributed by atoms with E-state index in [0.29, 0.717) is 6.04 Å². The maximum atomic E-state index is 3.49. The van der Waals surface area contributed by atoms with Crippen LogP contribution in [0, 0.1) is 6.92 Å². The molecular weight excluding hydrogens is 268 g/mol. The van der Waals surface area contributed by atoms with E-state index >= 15 is 0 Å². The Morgan fingerprint density at radius 2 is 1.95 bits per heavy atom. The fraction of sp³-hybridized carbons (Fsp3) is 0.300. The van der Waals surface area contributed by atoms with Gasteiger partial charge in [0.05, 0.1) is 0 Å². The molecule has 1 saturated heterocycles. The zero-order valence-electron chi connectivity index (χ0n) is 13.0. The summed E-state index contributed by atoms with van der Waals surface area (Å²) in [5, 5.41) is 1.39. The molecule has 1 atom stereocenters. The molecule has 0 amide bonds. The molecule has 1 N–H and O–H groups in total. The average molecular weight is 290 g/mol. The summed E-state index contributed by atoms with van der Waals surface area (Å²) in [6, 6.07) is 18.0. The van der Waals surface area contributed by atoms with E-state index in [2.05, 4.69) is 71.5 Å². The Balaban J connectivity index is 1.66. The summed E-state index contributed by atoms with van der Waals surface area (Å²) in [6.07, 6.45) is 4.77. The van der Waals surface area contributed by atoms with Crippen molar-refractivity contribution in [3.05, 3.63) is 71.4 Å². The molecule has 0 bridgehead atoms. The highest BCUT2D eigenvalue weighted by molar-refractivity contribution is 5.86. The second-order valence-electron chi connectivity index (χ2n) is 6.36. The molecule has 2 heteroatoms. The summed E-state index contributed by atoms with van der Waals surface area (Å²) in [6.45, 7) is 4.42. The summed E-state index contributed by atoms with van der Waals surface area (Å²) in [5.41, 5.74) is 5.50. The van der Waals surface area contributed by atoms with Gasteiger partial charge in [0.25, 0.3) is 0 Å². The van der Waals surface area contributed by atoms with E-state index in [-0.39, 0.29) is 0 Å². The molecule has 2 heterocycles. The Hall–Kier alpha value is -2.06. The maximum absolute atomic E-state index is 3.49. The first kappa shape index (κ1) is 13.6. The van der Waals surface area contributed by atoms with Crippen molar-refractivity contribution in [3.8, 4) is 0 Å². The highest BCUT2D eigenvalue weighted by Crippen LogP contribution is 2.37. The number of H-pyrrole nitrogens is 1. The zero-order valence-corrected chi connectivity index (χ0v) is 13.0. The van der Waals surface area contributed by atoms with Crippen LogP contribution in [-0.4, -0.2) is 16.4 Å². The minimum atomic E-state index is 0.538. The Bertz CT molecular complexity index is 773. The van der Waals surface area contributed by atoms with Gasteiger partial charge >= 0.3 is 0 Å². The van der Waals surface area contributed by atoms with Gasteiger partial charge in [0.15, 0.2) is 0 Å². The first-order valence-electron chi connectivity index (χ1n) is 8.17. The number of benzene rings is 2. The fourth-order valence-corrected chi connectivity index (χ4v) is 3.79. The molecule has 0 radical (unpaired) electrons. The molecule has 0 aliphatic carbocycles. The van der Waals surface area contributed by atoms with Gasteiger partial charge in [-0.05, 0) is 43.0 Å². The van der Waals surface area contributed by atoms with Crippen LogP contribution >= 0.6 is 0 Å². The number of rotatable bonds is 3. The third-order valence-electron chi connectivity index (χ3n) is 4.91. The first-order chi connectivity index (χ1) is 10.8. The van der Waals surface area contributed by atoms with E-state index in [1.165, 1.54) is 47.0 Å². The first-order valence-corrected chi connectivity index (χ1v) is 8.17. The quantitative estimate of drug-likeness (QED) is 0.733. The molecule has 1 unspecified atom stereocenters. The lowest BCUT2D eigenvalue weighted by Gasteiger charge is -2.24. The van der Waals surface area contributed by atoms with E-state index in [1.54, 1.807) is 0 Å². The molecule has 1 aliphatic rings. The Labute approximate surface area is 131 Å². The molecule has 2 nitrogen and oxygen atoms in total. The highest BCUT2D eigenvalue weighted by Gasteiger charge is 2.27. The molecule has 1 aliphatic heterocycles. The molecule has 22 heavy (non-hydrogen) atoms. The number of aryl methyl sites for hydroxylation is 1. The number of para-hydroxylation sites is 1. The zero-order chi connectivity index (χ0) is 14.9. The van der Waals surface area contributed by atoms with Gasteiger partial charge in [0.1, 0.15) is 0 Å². The van der Waals surface area contributed by atoms with Crippen molar-refractivity contribution in [2.75, 3.05) is 6.54 Å². The Morgan fingerprint density at radius 1 is 1.09 bits per heavy atom. The molecule has 4 rings (SSSR count). The van der Waals surface area contributed by atoms with Gasteiger partial charge in [-0.1, -0.05) is 48.5 Å². The van der Waals surface area contributed by atoms with Gasteiger partial charge in [-0.15, -0.1) is 0 Å². The highest BCUT2D eigenvalue weighted by atomic mass is 15.2. The molecule has 3 aromatic rings. The smallest absolute Gasteiger partial charge is 0.0487 e. The Morgan fingerprint density at radius 3 is 2.82 bits per heavy atom. The predicted octanol–water partition coefficient (Wildman–Crippen LogP) is 4.81. The van der Waals surface area contributed by atoms with E-state index in [1.807, 2.05) is 0 Å². The van der Waals surface area contributed by atoms with Crippen LogP contribution < -0.4 is 0 Å². The number of aromatic amines is 1. The third-order valence-corrected chi connectivity index (χ3v) is 4.91. The number of aromatic nitrogens is 1. The normalized spacial score (nSPS) is 19.0. The third kappa shape index (κ3) is 2.34. The number of nitrogens with one attached hydrogen (secondary N) is 1. The van der Waals surface area contributed by atoms with Crippen molar-refractivity contribution < 1.29 is 0 Å². The summed E-state index contributed by atoms with van der Waals surface area (Å²) < 4.78 is 0. The molecule has 1 aromatic heterocycles. The molecule has 2 aromatic carbocycles. The number of nitrogens with zero attached hydrogens (tertiary/aromatic N) is 1. The number of likely N-dealkylation sites (tertiary alicyclic amines) is 1. The van der Waals surface area contributed by atoms with Crippen molar-refractivity contribution >= 4 is 10.9 Å². The van der Waals surface area contributed by atoms with Crippen LogP contribution in [0.1, 0.15) is 35.6 Å². The molecule has 0 saturated carbocycles. The van der Waals surface area contributed by atoms with Crippen LogP contribution in [0.25, 0.3) is 10.9 Å². The largest absolute Gasteiger partial charge is 0.361 e. The van der Waals surface area contributed by atoms with Gasteiger partial charge in [0.2, 0.25) is 0 Å². The van der Waals surface area contributed by atoms with Crippen molar-refractivity contribution in [1.82, 2.24) is 9.88 Å². The summed E-state index contributed by atoms with van der Waals surface area (Å²) >= 11 is 0. The topological polar surface area (TPSA) is 19.0 Å². The van der Waals surface area contributed by atoms with E-state index in [9.17, 15) is 0 Å². The van der Waals surface area contributed by atoms with Crippen molar-refractivity contribution in [2.45, 2.75) is 32.4 Å². The lowest BCUT2D eigenvalue weighted by Crippen LogP contribution is -2.22. The van der Waals surface area contributed by atoms with Crippen LogP contribution in [0.2, 0.25) is 0 Å². The molecule has 0 spiro atoms. The maximum Gasteiger partial charge on any atom is 0.0487 e. The van der Waals surface area contributed by atoms with Gasteiger partial charge in [-0.3, -0.25) is 4.90 Å². The second-order valence-corrected chi connectivity index (χ2v) is 6.36. The van der Waals surface area contributed by atoms with Gasteiger partial charge in [-0.2, -0.15) is 0 Å². The van der Waals surface area contributed by atoms with Crippen molar-refractivity contribution in [1.29, 1.82) is 0 Å². The lowest BCUT2D eigenvalue weighted by molar-refractivity contribution is 0.250. The van der Waals surface area contributed by atoms with E-state index in [0.717, 1.165) is 6.54 Å². The van der Waals surface area contributed by atoms with Gasteiger partial charge in [0, 0.05) is 29.7 Å². The van der Waals surface area contributed by atoms with Crippen LogP contribution in [0.5, 0.6) is 0 Å². The molecular formula is C20H22N2.